The SMILES string of the molecule is CCCN1CCC(CNC2CCCC2C)C1. The van der Waals surface area contributed by atoms with Crippen molar-refractivity contribution in [3.05, 3.63) is 0 Å². The van der Waals surface area contributed by atoms with Gasteiger partial charge in [-0.25, -0.2) is 0 Å². The number of nitrogens with one attached hydrogen (secondary N) is 1. The fraction of sp³-hybridized carbons (Fsp3) is 1.00. The van der Waals surface area contributed by atoms with E-state index in [0.29, 0.717) is 0 Å². The molecule has 2 rings (SSSR count). The van der Waals surface area contributed by atoms with E-state index in [-0.39, 0.29) is 0 Å². The van der Waals surface area contributed by atoms with Crippen LogP contribution in [0.15, 0.2) is 0 Å². The molecule has 2 fully saturated rings. The Morgan fingerprint density at radius 2 is 2.12 bits per heavy atom. The molecule has 0 spiro atoms. The van der Waals surface area contributed by atoms with E-state index in [9.17, 15) is 0 Å². The van der Waals surface area contributed by atoms with Crippen molar-refractivity contribution in [3.63, 3.8) is 0 Å². The van der Waals surface area contributed by atoms with Crippen molar-refractivity contribution in [2.75, 3.05) is 26.2 Å². The molecule has 0 radical (unpaired) electrons. The van der Waals surface area contributed by atoms with Crippen LogP contribution in [0.25, 0.3) is 0 Å². The van der Waals surface area contributed by atoms with Crippen LogP contribution in [0.4, 0.5) is 0 Å². The molecule has 1 N–H and O–H groups in total. The molecule has 2 heteroatoms. The van der Waals surface area contributed by atoms with Crippen molar-refractivity contribution in [2.24, 2.45) is 11.8 Å². The highest BCUT2D eigenvalue weighted by Crippen LogP contribution is 2.25. The van der Waals surface area contributed by atoms with Crippen LogP contribution in [0.2, 0.25) is 0 Å². The highest BCUT2D eigenvalue weighted by atomic mass is 15.1. The second kappa shape index (κ2) is 6.02. The van der Waals surface area contributed by atoms with Gasteiger partial charge in [0, 0.05) is 12.6 Å². The van der Waals surface area contributed by atoms with Gasteiger partial charge in [0.05, 0.1) is 0 Å². The van der Waals surface area contributed by atoms with Crippen LogP contribution in [0, 0.1) is 11.8 Å². The van der Waals surface area contributed by atoms with Gasteiger partial charge in [-0.05, 0) is 57.2 Å². The maximum absolute atomic E-state index is 3.81. The van der Waals surface area contributed by atoms with Crippen LogP contribution in [-0.4, -0.2) is 37.1 Å². The van der Waals surface area contributed by atoms with Crippen LogP contribution >= 0.6 is 0 Å². The first-order valence-electron chi connectivity index (χ1n) is 7.25. The molecule has 0 amide bonds. The number of rotatable bonds is 5. The third kappa shape index (κ3) is 3.21. The predicted molar refractivity (Wildman–Crippen MR) is 69.6 cm³/mol. The summed E-state index contributed by atoms with van der Waals surface area (Å²) in [5, 5.41) is 3.81. The van der Waals surface area contributed by atoms with Crippen LogP contribution in [0.5, 0.6) is 0 Å². The second-order valence-corrected chi connectivity index (χ2v) is 5.88. The molecule has 2 aliphatic rings. The number of nitrogens with zero attached hydrogens (tertiary/aromatic N) is 1. The largest absolute Gasteiger partial charge is 0.313 e. The molecule has 16 heavy (non-hydrogen) atoms. The van der Waals surface area contributed by atoms with Gasteiger partial charge in [0.25, 0.3) is 0 Å². The quantitative estimate of drug-likeness (QED) is 0.772. The number of hydrogen-bond acceptors (Lipinski definition) is 2. The minimum absolute atomic E-state index is 0.820. The summed E-state index contributed by atoms with van der Waals surface area (Å²) in [6.07, 6.45) is 7.00. The third-order valence-electron chi connectivity index (χ3n) is 4.44. The molecule has 0 aromatic heterocycles. The Balaban J connectivity index is 1.63. The molecule has 94 valence electrons. The van der Waals surface area contributed by atoms with E-state index >= 15 is 0 Å². The lowest BCUT2D eigenvalue weighted by atomic mass is 10.0. The first kappa shape index (κ1) is 12.4. The Labute approximate surface area is 101 Å². The smallest absolute Gasteiger partial charge is 0.00928 e. The van der Waals surface area contributed by atoms with Crippen molar-refractivity contribution < 1.29 is 0 Å². The molecule has 0 bridgehead atoms. The monoisotopic (exact) mass is 224 g/mol. The predicted octanol–water partition coefficient (Wildman–Crippen LogP) is 2.50. The summed E-state index contributed by atoms with van der Waals surface area (Å²) in [5.41, 5.74) is 0. The van der Waals surface area contributed by atoms with Crippen LogP contribution in [0.1, 0.15) is 46.0 Å². The van der Waals surface area contributed by atoms with Crippen molar-refractivity contribution >= 4 is 0 Å². The minimum Gasteiger partial charge on any atom is -0.313 e. The maximum atomic E-state index is 3.81. The lowest BCUT2D eigenvalue weighted by Crippen LogP contribution is -2.36. The van der Waals surface area contributed by atoms with E-state index in [1.165, 1.54) is 58.3 Å². The normalized spacial score (nSPS) is 36.0. The topological polar surface area (TPSA) is 15.3 Å². The van der Waals surface area contributed by atoms with Gasteiger partial charge in [-0.2, -0.15) is 0 Å². The van der Waals surface area contributed by atoms with E-state index < -0.39 is 0 Å². The maximum Gasteiger partial charge on any atom is 0.00928 e. The first-order valence-corrected chi connectivity index (χ1v) is 7.25. The molecule has 1 aliphatic carbocycles. The zero-order valence-electron chi connectivity index (χ0n) is 11.0. The standard InChI is InChI=1S/C14H28N2/c1-3-8-16-9-7-13(11-16)10-15-14-6-4-5-12(14)2/h12-15H,3-11H2,1-2H3. The summed E-state index contributed by atoms with van der Waals surface area (Å²) in [6, 6.07) is 0.820. The molecule has 3 unspecified atom stereocenters. The molecule has 1 aliphatic heterocycles. The highest BCUT2D eigenvalue weighted by Gasteiger charge is 2.26. The number of hydrogen-bond donors (Lipinski definition) is 1. The average Bonchev–Trinajstić information content (AvgIpc) is 2.86. The molecular formula is C14H28N2. The lowest BCUT2D eigenvalue weighted by Gasteiger charge is -2.20. The van der Waals surface area contributed by atoms with Gasteiger partial charge in [-0.15, -0.1) is 0 Å². The molecular weight excluding hydrogens is 196 g/mol. The van der Waals surface area contributed by atoms with Crippen molar-refractivity contribution in [1.29, 1.82) is 0 Å². The van der Waals surface area contributed by atoms with E-state index in [4.69, 9.17) is 0 Å². The Morgan fingerprint density at radius 1 is 1.25 bits per heavy atom. The summed E-state index contributed by atoms with van der Waals surface area (Å²) < 4.78 is 0. The fourth-order valence-corrected chi connectivity index (χ4v) is 3.37. The Kier molecular flexibility index (Phi) is 4.66. The van der Waals surface area contributed by atoms with Gasteiger partial charge in [0.1, 0.15) is 0 Å². The molecule has 2 nitrogen and oxygen atoms in total. The minimum atomic E-state index is 0.820. The third-order valence-corrected chi connectivity index (χ3v) is 4.44. The number of likely N-dealkylation sites (tertiary alicyclic amines) is 1. The van der Waals surface area contributed by atoms with Gasteiger partial charge < -0.3 is 10.2 Å². The lowest BCUT2D eigenvalue weighted by molar-refractivity contribution is 0.315. The van der Waals surface area contributed by atoms with Gasteiger partial charge in [0.15, 0.2) is 0 Å². The summed E-state index contributed by atoms with van der Waals surface area (Å²) in [5.74, 6) is 1.83. The molecule has 1 saturated heterocycles. The summed E-state index contributed by atoms with van der Waals surface area (Å²) in [6.45, 7) is 9.92. The summed E-state index contributed by atoms with van der Waals surface area (Å²) in [7, 11) is 0. The fourth-order valence-electron chi connectivity index (χ4n) is 3.37. The van der Waals surface area contributed by atoms with Gasteiger partial charge in [-0.1, -0.05) is 20.3 Å². The van der Waals surface area contributed by atoms with Crippen LogP contribution < -0.4 is 5.32 Å². The molecule has 0 aromatic rings. The van der Waals surface area contributed by atoms with Gasteiger partial charge in [-0.3, -0.25) is 0 Å². The average molecular weight is 224 g/mol. The molecule has 3 atom stereocenters. The van der Waals surface area contributed by atoms with E-state index in [0.717, 1.165) is 17.9 Å². The Morgan fingerprint density at radius 3 is 2.81 bits per heavy atom. The van der Waals surface area contributed by atoms with Crippen LogP contribution in [-0.2, 0) is 0 Å². The molecule has 0 aromatic carbocycles. The van der Waals surface area contributed by atoms with E-state index in [2.05, 4.69) is 24.1 Å². The van der Waals surface area contributed by atoms with Crippen LogP contribution in [0.3, 0.4) is 0 Å². The Hall–Kier alpha value is -0.0800. The molecule has 1 heterocycles. The van der Waals surface area contributed by atoms with E-state index in [1.54, 1.807) is 0 Å². The van der Waals surface area contributed by atoms with Crippen molar-refractivity contribution in [2.45, 2.75) is 52.0 Å². The molecule has 1 saturated carbocycles. The van der Waals surface area contributed by atoms with Crippen molar-refractivity contribution in [1.82, 2.24) is 10.2 Å². The van der Waals surface area contributed by atoms with Gasteiger partial charge in [0.2, 0.25) is 0 Å². The summed E-state index contributed by atoms with van der Waals surface area (Å²) >= 11 is 0. The summed E-state index contributed by atoms with van der Waals surface area (Å²) in [4.78, 5) is 2.63. The first-order chi connectivity index (χ1) is 7.79. The highest BCUT2D eigenvalue weighted by molar-refractivity contribution is 4.83. The van der Waals surface area contributed by atoms with Gasteiger partial charge >= 0.3 is 0 Å². The van der Waals surface area contributed by atoms with Crippen molar-refractivity contribution in [3.8, 4) is 0 Å². The Bertz CT molecular complexity index is 205. The zero-order valence-corrected chi connectivity index (χ0v) is 11.0. The van der Waals surface area contributed by atoms with E-state index in [1.807, 2.05) is 0 Å². The second-order valence-electron chi connectivity index (χ2n) is 5.88. The zero-order chi connectivity index (χ0) is 11.4.